The van der Waals surface area contributed by atoms with Crippen molar-refractivity contribution in [2.24, 2.45) is 0 Å². The molecule has 7 nitrogen and oxygen atoms in total. The lowest BCUT2D eigenvalue weighted by Gasteiger charge is -2.04. The van der Waals surface area contributed by atoms with Gasteiger partial charge < -0.3 is 10.1 Å². The molecule has 2 N–H and O–H groups in total. The Morgan fingerprint density at radius 3 is 2.67 bits per heavy atom. The lowest BCUT2D eigenvalue weighted by molar-refractivity contribution is -0.192. The van der Waals surface area contributed by atoms with E-state index >= 15 is 0 Å². The van der Waals surface area contributed by atoms with Gasteiger partial charge in [-0.3, -0.25) is 4.68 Å². The number of aliphatic carboxylic acids is 1. The Morgan fingerprint density at radius 1 is 1.23 bits per heavy atom. The van der Waals surface area contributed by atoms with E-state index in [9.17, 15) is 18.4 Å². The van der Waals surface area contributed by atoms with Crippen LogP contribution in [0.15, 0.2) is 61.2 Å². The van der Waals surface area contributed by atoms with Gasteiger partial charge in [-0.1, -0.05) is 18.2 Å². The van der Waals surface area contributed by atoms with Crippen LogP contribution in [0.1, 0.15) is 11.1 Å². The van der Waals surface area contributed by atoms with Gasteiger partial charge in [-0.05, 0) is 29.3 Å². The van der Waals surface area contributed by atoms with E-state index in [0.29, 0.717) is 12.1 Å². The number of fused-ring (bicyclic) bond motifs is 1. The largest absolute Gasteiger partial charge is 0.490 e. The fourth-order valence-electron chi connectivity index (χ4n) is 2.74. The maximum absolute atomic E-state index is 10.6. The summed E-state index contributed by atoms with van der Waals surface area (Å²) in [7, 11) is 0. The van der Waals surface area contributed by atoms with E-state index in [4.69, 9.17) is 9.90 Å². The summed E-state index contributed by atoms with van der Waals surface area (Å²) in [5, 5.41) is 21.8. The second-order valence-electron chi connectivity index (χ2n) is 6.10. The third-order valence-corrected chi connectivity index (χ3v) is 4.12. The van der Waals surface area contributed by atoms with Crippen molar-refractivity contribution < 1.29 is 23.1 Å². The molecule has 0 bridgehead atoms. The first-order chi connectivity index (χ1) is 14.3. The van der Waals surface area contributed by atoms with Gasteiger partial charge in [0.15, 0.2) is 0 Å². The van der Waals surface area contributed by atoms with Crippen LogP contribution in [0.5, 0.6) is 0 Å². The molecule has 0 fully saturated rings. The molecule has 3 aromatic heterocycles. The summed E-state index contributed by atoms with van der Waals surface area (Å²) < 4.78 is 33.6. The van der Waals surface area contributed by atoms with Crippen LogP contribution in [0, 0.1) is 11.3 Å². The summed E-state index contributed by atoms with van der Waals surface area (Å²) in [5.74, 6) is -2.76. The zero-order valence-electron chi connectivity index (χ0n) is 15.3. The van der Waals surface area contributed by atoms with Gasteiger partial charge in [0, 0.05) is 29.5 Å². The summed E-state index contributed by atoms with van der Waals surface area (Å²) in [4.78, 5) is 16.3. The smallest absolute Gasteiger partial charge is 0.475 e. The van der Waals surface area contributed by atoms with Gasteiger partial charge in [0.05, 0.1) is 24.4 Å². The molecule has 0 saturated heterocycles. The van der Waals surface area contributed by atoms with Crippen LogP contribution >= 0.6 is 0 Å². The van der Waals surface area contributed by atoms with Crippen molar-refractivity contribution in [2.75, 3.05) is 0 Å². The first-order valence-electron chi connectivity index (χ1n) is 8.52. The maximum Gasteiger partial charge on any atom is 0.490 e. The average Bonchev–Trinajstić information content (AvgIpc) is 3.37. The highest BCUT2D eigenvalue weighted by atomic mass is 19.4. The van der Waals surface area contributed by atoms with Crippen molar-refractivity contribution in [3.8, 4) is 17.2 Å². The number of benzene rings is 1. The zero-order valence-corrected chi connectivity index (χ0v) is 15.3. The highest BCUT2D eigenvalue weighted by molar-refractivity contribution is 5.92. The molecule has 10 heteroatoms. The maximum atomic E-state index is 10.6. The molecule has 0 spiro atoms. The van der Waals surface area contributed by atoms with E-state index in [1.807, 2.05) is 59.7 Å². The molecule has 30 heavy (non-hydrogen) atoms. The zero-order chi connectivity index (χ0) is 21.7. The second kappa shape index (κ2) is 8.48. The van der Waals surface area contributed by atoms with E-state index in [-0.39, 0.29) is 0 Å². The number of pyridine rings is 1. The molecular formula is C20H14F3N5O2. The number of carboxylic acid groups (broad SMARTS) is 1. The fraction of sp³-hybridized carbons (Fsp3) is 0.100. The van der Waals surface area contributed by atoms with Crippen LogP contribution in [0.4, 0.5) is 13.2 Å². The van der Waals surface area contributed by atoms with Crippen molar-refractivity contribution >= 4 is 17.0 Å². The average molecular weight is 413 g/mol. The van der Waals surface area contributed by atoms with Gasteiger partial charge >= 0.3 is 12.1 Å². The predicted molar refractivity (Wildman–Crippen MR) is 101 cm³/mol. The SMILES string of the molecule is N#Cc1ccccc1Cn1cc(-c2ccnc3[nH]ccc23)cn1.O=C(O)C(F)(F)F. The summed E-state index contributed by atoms with van der Waals surface area (Å²) >= 11 is 0. The molecule has 1 aromatic carbocycles. The molecule has 0 saturated carbocycles. The Hall–Kier alpha value is -4.13. The number of hydrogen-bond donors (Lipinski definition) is 2. The number of carboxylic acids is 1. The number of aromatic amines is 1. The first-order valence-corrected chi connectivity index (χ1v) is 8.52. The minimum absolute atomic E-state index is 0.575. The number of nitrogens with one attached hydrogen (secondary N) is 1. The van der Waals surface area contributed by atoms with Crippen LogP contribution in [0.3, 0.4) is 0 Å². The highest BCUT2D eigenvalue weighted by Gasteiger charge is 2.38. The summed E-state index contributed by atoms with van der Waals surface area (Å²) in [5.41, 5.74) is 4.64. The Kier molecular flexibility index (Phi) is 5.83. The van der Waals surface area contributed by atoms with Crippen molar-refractivity contribution in [3.63, 3.8) is 0 Å². The number of aromatic nitrogens is 4. The summed E-state index contributed by atoms with van der Waals surface area (Å²) in [6, 6.07) is 13.8. The fourth-order valence-corrected chi connectivity index (χ4v) is 2.74. The van der Waals surface area contributed by atoms with Gasteiger partial charge in [-0.25, -0.2) is 9.78 Å². The highest BCUT2D eigenvalue weighted by Crippen LogP contribution is 2.26. The number of nitriles is 1. The molecule has 0 atom stereocenters. The van der Waals surface area contributed by atoms with E-state index in [0.717, 1.165) is 27.7 Å². The second-order valence-corrected chi connectivity index (χ2v) is 6.10. The molecule has 0 unspecified atom stereocenters. The lowest BCUT2D eigenvalue weighted by atomic mass is 10.1. The van der Waals surface area contributed by atoms with Crippen LogP contribution < -0.4 is 0 Å². The number of nitrogens with zero attached hydrogens (tertiary/aromatic N) is 4. The van der Waals surface area contributed by atoms with Crippen LogP contribution in [-0.2, 0) is 11.3 Å². The van der Waals surface area contributed by atoms with E-state index < -0.39 is 12.1 Å². The molecule has 0 aliphatic rings. The van der Waals surface area contributed by atoms with Crippen molar-refractivity contribution in [1.82, 2.24) is 19.7 Å². The molecule has 0 radical (unpaired) electrons. The van der Waals surface area contributed by atoms with Gasteiger partial charge in [-0.2, -0.15) is 23.5 Å². The number of rotatable bonds is 3. The van der Waals surface area contributed by atoms with Crippen LogP contribution in [-0.4, -0.2) is 37.0 Å². The third-order valence-electron chi connectivity index (χ3n) is 4.12. The van der Waals surface area contributed by atoms with Gasteiger partial charge in [0.1, 0.15) is 5.65 Å². The molecule has 3 heterocycles. The molecule has 0 aliphatic carbocycles. The number of carbonyl (C=O) groups is 1. The monoisotopic (exact) mass is 413 g/mol. The Balaban J connectivity index is 0.000000318. The summed E-state index contributed by atoms with van der Waals surface area (Å²) in [6.07, 6.45) is 2.43. The van der Waals surface area contributed by atoms with Gasteiger partial charge in [0.2, 0.25) is 0 Å². The van der Waals surface area contributed by atoms with E-state index in [1.165, 1.54) is 0 Å². The molecule has 4 aromatic rings. The molecule has 152 valence electrons. The predicted octanol–water partition coefficient (Wildman–Crippen LogP) is 3.98. The minimum Gasteiger partial charge on any atom is -0.475 e. The van der Waals surface area contributed by atoms with Crippen molar-refractivity contribution in [3.05, 3.63) is 72.3 Å². The molecule has 0 amide bonds. The van der Waals surface area contributed by atoms with E-state index in [2.05, 4.69) is 21.1 Å². The molecule has 0 aliphatic heterocycles. The Morgan fingerprint density at radius 2 is 1.97 bits per heavy atom. The van der Waals surface area contributed by atoms with Crippen molar-refractivity contribution in [2.45, 2.75) is 12.7 Å². The standard InChI is InChI=1S/C18H13N5.C2HF3O2/c19-9-13-3-1-2-4-14(13)11-23-12-15(10-22-23)16-5-7-20-18-17(16)6-8-21-18;3-2(4,5)1(6)7/h1-8,10,12H,11H2,(H,20,21);(H,6,7). The summed E-state index contributed by atoms with van der Waals surface area (Å²) in [6.45, 7) is 0.575. The molecular weight excluding hydrogens is 399 g/mol. The topological polar surface area (TPSA) is 108 Å². The lowest BCUT2D eigenvalue weighted by Crippen LogP contribution is -2.21. The first kappa shape index (κ1) is 20.6. The van der Waals surface area contributed by atoms with Crippen LogP contribution in [0.25, 0.3) is 22.2 Å². The number of H-pyrrole nitrogens is 1. The van der Waals surface area contributed by atoms with Gasteiger partial charge in [-0.15, -0.1) is 0 Å². The Bertz CT molecular complexity index is 1220. The van der Waals surface area contributed by atoms with Gasteiger partial charge in [0.25, 0.3) is 0 Å². The molecule has 4 rings (SSSR count). The number of alkyl halides is 3. The normalized spacial score (nSPS) is 10.9. The van der Waals surface area contributed by atoms with E-state index in [1.54, 1.807) is 6.20 Å². The number of hydrogen-bond acceptors (Lipinski definition) is 4. The third kappa shape index (κ3) is 4.64. The minimum atomic E-state index is -5.08. The quantitative estimate of drug-likeness (QED) is 0.528. The number of halogens is 3. The van der Waals surface area contributed by atoms with Crippen LogP contribution in [0.2, 0.25) is 0 Å². The Labute approximate surface area is 168 Å². The van der Waals surface area contributed by atoms with Crippen molar-refractivity contribution in [1.29, 1.82) is 5.26 Å².